The van der Waals surface area contributed by atoms with E-state index in [0.717, 1.165) is 5.69 Å². The first-order valence-electron chi connectivity index (χ1n) is 7.81. The zero-order chi connectivity index (χ0) is 19.2. The first-order chi connectivity index (χ1) is 12.1. The van der Waals surface area contributed by atoms with Crippen molar-refractivity contribution in [2.24, 2.45) is 5.10 Å². The van der Waals surface area contributed by atoms with Gasteiger partial charge in [0.2, 0.25) is 5.72 Å². The van der Waals surface area contributed by atoms with E-state index in [1.54, 1.807) is 18.5 Å². The molecule has 3 heterocycles. The lowest BCUT2D eigenvalue weighted by Crippen LogP contribution is -2.51. The molecule has 1 amide bonds. The van der Waals surface area contributed by atoms with Crippen LogP contribution < -0.4 is 0 Å². The van der Waals surface area contributed by atoms with Crippen molar-refractivity contribution in [1.82, 2.24) is 14.8 Å². The lowest BCUT2D eigenvalue weighted by molar-refractivity contribution is -0.164. The van der Waals surface area contributed by atoms with Crippen molar-refractivity contribution in [3.8, 4) is 0 Å². The Morgan fingerprint density at radius 2 is 2.12 bits per heavy atom. The SMILES string of the molecule is CC1=NN(C(=O)c2ccc(Cn3nc(C)c(Cl)c3C)o2)[C@@](O)(C(F)F)C1. The fraction of sp³-hybridized carbons (Fsp3) is 0.438. The van der Waals surface area contributed by atoms with Crippen molar-refractivity contribution in [2.45, 2.75) is 45.9 Å². The number of aromatic nitrogens is 2. The van der Waals surface area contributed by atoms with Crippen LogP contribution in [-0.4, -0.2) is 43.7 Å². The van der Waals surface area contributed by atoms with E-state index in [9.17, 15) is 18.7 Å². The molecule has 26 heavy (non-hydrogen) atoms. The summed E-state index contributed by atoms with van der Waals surface area (Å²) in [7, 11) is 0. The largest absolute Gasteiger partial charge is 0.454 e. The molecule has 1 atom stereocenters. The summed E-state index contributed by atoms with van der Waals surface area (Å²) in [5.41, 5.74) is -1.04. The van der Waals surface area contributed by atoms with Crippen LogP contribution in [0, 0.1) is 13.8 Å². The van der Waals surface area contributed by atoms with E-state index in [-0.39, 0.29) is 18.0 Å². The number of aryl methyl sites for hydroxylation is 1. The Hall–Kier alpha value is -2.26. The van der Waals surface area contributed by atoms with E-state index in [2.05, 4.69) is 10.2 Å². The molecular weight excluding hydrogens is 370 g/mol. The van der Waals surface area contributed by atoms with Gasteiger partial charge in [-0.1, -0.05) is 11.6 Å². The molecule has 0 aromatic carbocycles. The van der Waals surface area contributed by atoms with E-state index in [4.69, 9.17) is 16.0 Å². The van der Waals surface area contributed by atoms with Gasteiger partial charge in [-0.15, -0.1) is 0 Å². The van der Waals surface area contributed by atoms with Gasteiger partial charge in [0.25, 0.3) is 6.43 Å². The fourth-order valence-corrected chi connectivity index (χ4v) is 2.93. The molecule has 0 unspecified atom stereocenters. The summed E-state index contributed by atoms with van der Waals surface area (Å²) in [6.45, 7) is 5.23. The Labute approximate surface area is 152 Å². The molecule has 0 radical (unpaired) electrons. The Kier molecular flexibility index (Phi) is 4.61. The molecule has 0 aliphatic carbocycles. The third kappa shape index (κ3) is 3.01. The van der Waals surface area contributed by atoms with Crippen LogP contribution in [0.5, 0.6) is 0 Å². The Bertz CT molecular complexity index is 892. The summed E-state index contributed by atoms with van der Waals surface area (Å²) in [4.78, 5) is 12.5. The fourth-order valence-electron chi connectivity index (χ4n) is 2.79. The molecule has 7 nitrogen and oxygen atoms in total. The number of furan rings is 1. The third-order valence-corrected chi connectivity index (χ3v) is 4.71. The second kappa shape index (κ2) is 6.48. The lowest BCUT2D eigenvalue weighted by atomic mass is 10.1. The number of hydrogen-bond donors (Lipinski definition) is 1. The van der Waals surface area contributed by atoms with Gasteiger partial charge in [-0.05, 0) is 32.9 Å². The van der Waals surface area contributed by atoms with Gasteiger partial charge >= 0.3 is 5.91 Å². The van der Waals surface area contributed by atoms with Gasteiger partial charge < -0.3 is 9.52 Å². The number of halogens is 3. The minimum Gasteiger partial charge on any atom is -0.454 e. The predicted molar refractivity (Wildman–Crippen MR) is 89.4 cm³/mol. The highest BCUT2D eigenvalue weighted by Gasteiger charge is 2.51. The molecule has 10 heteroatoms. The minimum atomic E-state index is -3.17. The molecule has 0 fully saturated rings. The van der Waals surface area contributed by atoms with Crippen LogP contribution in [0.15, 0.2) is 21.7 Å². The van der Waals surface area contributed by atoms with Gasteiger partial charge in [0.05, 0.1) is 23.0 Å². The number of carbonyl (C=O) groups excluding carboxylic acids is 1. The molecule has 1 N–H and O–H groups in total. The highest BCUT2D eigenvalue weighted by molar-refractivity contribution is 6.31. The molecule has 0 saturated carbocycles. The predicted octanol–water partition coefficient (Wildman–Crippen LogP) is 2.97. The quantitative estimate of drug-likeness (QED) is 0.875. The maximum Gasteiger partial charge on any atom is 0.312 e. The Morgan fingerprint density at radius 3 is 2.69 bits per heavy atom. The van der Waals surface area contributed by atoms with Gasteiger partial charge in [-0.25, -0.2) is 8.78 Å². The van der Waals surface area contributed by atoms with Crippen LogP contribution in [0.1, 0.15) is 41.0 Å². The van der Waals surface area contributed by atoms with Crippen molar-refractivity contribution in [3.63, 3.8) is 0 Å². The van der Waals surface area contributed by atoms with Crippen molar-refractivity contribution in [3.05, 3.63) is 40.1 Å². The maximum atomic E-state index is 13.2. The smallest absolute Gasteiger partial charge is 0.312 e. The summed E-state index contributed by atoms with van der Waals surface area (Å²) in [5.74, 6) is -0.761. The minimum absolute atomic E-state index is 0.204. The van der Waals surface area contributed by atoms with E-state index < -0.39 is 24.5 Å². The number of hydrazone groups is 1. The zero-order valence-corrected chi connectivity index (χ0v) is 15.1. The van der Waals surface area contributed by atoms with E-state index in [1.165, 1.54) is 19.1 Å². The molecule has 2 aromatic rings. The summed E-state index contributed by atoms with van der Waals surface area (Å²) < 4.78 is 33.5. The Balaban J connectivity index is 1.83. The van der Waals surface area contributed by atoms with Crippen LogP contribution in [-0.2, 0) is 6.54 Å². The molecular formula is C16H17ClF2N4O3. The summed E-state index contributed by atoms with van der Waals surface area (Å²) in [5, 5.41) is 19.0. The molecule has 0 spiro atoms. The lowest BCUT2D eigenvalue weighted by Gasteiger charge is -2.29. The van der Waals surface area contributed by atoms with Crippen LogP contribution in [0.25, 0.3) is 0 Å². The second-order valence-corrected chi connectivity index (χ2v) is 6.59. The van der Waals surface area contributed by atoms with Crippen molar-refractivity contribution in [2.75, 3.05) is 0 Å². The second-order valence-electron chi connectivity index (χ2n) is 6.22. The highest BCUT2D eigenvalue weighted by atomic mass is 35.5. The summed E-state index contributed by atoms with van der Waals surface area (Å²) in [6.07, 6.45) is -3.59. The number of hydrogen-bond acceptors (Lipinski definition) is 5. The monoisotopic (exact) mass is 386 g/mol. The third-order valence-electron chi connectivity index (χ3n) is 4.17. The topological polar surface area (TPSA) is 83.9 Å². The first kappa shape index (κ1) is 18.5. The van der Waals surface area contributed by atoms with E-state index >= 15 is 0 Å². The Morgan fingerprint density at radius 1 is 1.42 bits per heavy atom. The average Bonchev–Trinajstić information content (AvgIpc) is 3.22. The van der Waals surface area contributed by atoms with Crippen LogP contribution in [0.3, 0.4) is 0 Å². The normalized spacial score (nSPS) is 20.2. The van der Waals surface area contributed by atoms with Crippen molar-refractivity contribution in [1.29, 1.82) is 0 Å². The molecule has 2 aromatic heterocycles. The van der Waals surface area contributed by atoms with Crippen LogP contribution in [0.4, 0.5) is 8.78 Å². The van der Waals surface area contributed by atoms with Gasteiger partial charge in [0.1, 0.15) is 5.76 Å². The van der Waals surface area contributed by atoms with Crippen molar-refractivity contribution < 1.29 is 23.1 Å². The highest BCUT2D eigenvalue weighted by Crippen LogP contribution is 2.33. The number of nitrogens with zero attached hydrogens (tertiary/aromatic N) is 4. The first-order valence-corrected chi connectivity index (χ1v) is 8.18. The van der Waals surface area contributed by atoms with Crippen LogP contribution >= 0.6 is 11.6 Å². The number of rotatable bonds is 4. The van der Waals surface area contributed by atoms with Crippen LogP contribution in [0.2, 0.25) is 5.02 Å². The zero-order valence-electron chi connectivity index (χ0n) is 14.3. The maximum absolute atomic E-state index is 13.2. The number of aliphatic hydroxyl groups is 1. The molecule has 1 aliphatic rings. The standard InChI is InChI=1S/C16H17ClF2N4O3/c1-8-6-16(25,15(18)19)23(20-8)14(24)12-5-4-11(26-12)7-22-10(3)13(17)9(2)21-22/h4-5,15,25H,6-7H2,1-3H3/t16-/m0/s1. The molecule has 3 rings (SSSR count). The van der Waals surface area contributed by atoms with Gasteiger partial charge in [-0.3, -0.25) is 9.48 Å². The summed E-state index contributed by atoms with van der Waals surface area (Å²) >= 11 is 6.09. The summed E-state index contributed by atoms with van der Waals surface area (Å²) in [6, 6.07) is 2.88. The van der Waals surface area contributed by atoms with Gasteiger partial charge in [0.15, 0.2) is 5.76 Å². The van der Waals surface area contributed by atoms with Gasteiger partial charge in [-0.2, -0.15) is 15.2 Å². The molecule has 0 saturated heterocycles. The molecule has 140 valence electrons. The molecule has 0 bridgehead atoms. The van der Waals surface area contributed by atoms with Gasteiger partial charge in [0, 0.05) is 12.1 Å². The number of carbonyl (C=O) groups is 1. The number of alkyl halides is 2. The van der Waals surface area contributed by atoms with E-state index in [0.29, 0.717) is 21.5 Å². The van der Waals surface area contributed by atoms with E-state index in [1.807, 2.05) is 0 Å². The average molecular weight is 387 g/mol. The van der Waals surface area contributed by atoms with Crippen molar-refractivity contribution >= 4 is 23.2 Å². The molecule has 1 aliphatic heterocycles. The number of amides is 1.